The molecule has 0 saturated carbocycles. The van der Waals surface area contributed by atoms with Crippen LogP contribution in [-0.2, 0) is 0 Å². The fourth-order valence-corrected chi connectivity index (χ4v) is 2.11. The number of carbonyl (C=O) groups is 1. The largest absolute Gasteiger partial charge is 0.296 e. The number of hydrogen-bond donors (Lipinski definition) is 0. The highest BCUT2D eigenvalue weighted by Crippen LogP contribution is 2.11. The average Bonchev–Trinajstić information content (AvgIpc) is 2.33. The summed E-state index contributed by atoms with van der Waals surface area (Å²) in [5, 5.41) is 0. The fraction of sp³-hybridized carbons (Fsp3) is 0.562. The Labute approximate surface area is 111 Å². The van der Waals surface area contributed by atoms with Crippen molar-refractivity contribution in [3.63, 3.8) is 0 Å². The van der Waals surface area contributed by atoms with Gasteiger partial charge in [-0.25, -0.2) is 0 Å². The zero-order valence-corrected chi connectivity index (χ0v) is 12.1. The molecule has 0 saturated heterocycles. The van der Waals surface area contributed by atoms with Crippen LogP contribution in [0.2, 0.25) is 0 Å². The predicted molar refractivity (Wildman–Crippen MR) is 77.3 cm³/mol. The number of hydrogen-bond acceptors (Lipinski definition) is 2. The molecule has 0 N–H and O–H groups in total. The lowest BCUT2D eigenvalue weighted by Crippen LogP contribution is -2.31. The van der Waals surface area contributed by atoms with Gasteiger partial charge >= 0.3 is 0 Å². The topological polar surface area (TPSA) is 20.3 Å². The Morgan fingerprint density at radius 2 is 1.67 bits per heavy atom. The van der Waals surface area contributed by atoms with Crippen molar-refractivity contribution in [1.82, 2.24) is 4.90 Å². The maximum Gasteiger partial charge on any atom is 0.176 e. The zero-order chi connectivity index (χ0) is 13.5. The summed E-state index contributed by atoms with van der Waals surface area (Å²) in [5.41, 5.74) is 3.28. The van der Waals surface area contributed by atoms with Crippen LogP contribution in [0.1, 0.15) is 48.2 Å². The van der Waals surface area contributed by atoms with Gasteiger partial charge in [0.15, 0.2) is 5.78 Å². The van der Waals surface area contributed by atoms with Crippen LogP contribution >= 0.6 is 0 Å². The van der Waals surface area contributed by atoms with Crippen molar-refractivity contribution in [3.05, 3.63) is 34.9 Å². The van der Waals surface area contributed by atoms with E-state index in [1.54, 1.807) is 0 Å². The van der Waals surface area contributed by atoms with Gasteiger partial charge in [-0.15, -0.1) is 0 Å². The van der Waals surface area contributed by atoms with E-state index < -0.39 is 0 Å². The molecule has 0 amide bonds. The number of nitrogens with zero attached hydrogens (tertiary/aromatic N) is 1. The van der Waals surface area contributed by atoms with Gasteiger partial charge in [0.25, 0.3) is 0 Å². The van der Waals surface area contributed by atoms with Crippen LogP contribution in [0, 0.1) is 13.8 Å². The van der Waals surface area contributed by atoms with Gasteiger partial charge in [0.05, 0.1) is 6.54 Å². The van der Waals surface area contributed by atoms with Crippen molar-refractivity contribution < 1.29 is 4.79 Å². The second-order valence-corrected chi connectivity index (χ2v) is 5.00. The van der Waals surface area contributed by atoms with Crippen LogP contribution in [0.15, 0.2) is 18.2 Å². The van der Waals surface area contributed by atoms with Crippen LogP contribution in [0.3, 0.4) is 0 Å². The molecule has 0 spiro atoms. The van der Waals surface area contributed by atoms with E-state index in [0.717, 1.165) is 31.5 Å². The Morgan fingerprint density at radius 3 is 2.17 bits per heavy atom. The summed E-state index contributed by atoms with van der Waals surface area (Å²) in [6.07, 6.45) is 2.19. The molecule has 0 heterocycles. The summed E-state index contributed by atoms with van der Waals surface area (Å²) in [6.45, 7) is 11.0. The molecule has 1 aromatic rings. The minimum absolute atomic E-state index is 0.236. The Hall–Kier alpha value is -1.15. The first-order chi connectivity index (χ1) is 8.58. The molecule has 2 nitrogen and oxygen atoms in total. The number of benzene rings is 1. The highest BCUT2D eigenvalue weighted by Gasteiger charge is 2.11. The quantitative estimate of drug-likeness (QED) is 0.686. The van der Waals surface area contributed by atoms with Crippen LogP contribution in [0.4, 0.5) is 0 Å². The van der Waals surface area contributed by atoms with Gasteiger partial charge in [-0.05, 0) is 57.0 Å². The van der Waals surface area contributed by atoms with Crippen molar-refractivity contribution in [3.8, 4) is 0 Å². The fourth-order valence-electron chi connectivity index (χ4n) is 2.11. The Kier molecular flexibility index (Phi) is 6.06. The number of aryl methyl sites for hydroxylation is 2. The second kappa shape index (κ2) is 7.32. The average molecular weight is 247 g/mol. The minimum Gasteiger partial charge on any atom is -0.296 e. The predicted octanol–water partition coefficient (Wildman–Crippen LogP) is 3.61. The summed E-state index contributed by atoms with van der Waals surface area (Å²) in [5.74, 6) is 0.236. The molecule has 0 atom stereocenters. The van der Waals surface area contributed by atoms with Crippen molar-refractivity contribution >= 4 is 5.78 Å². The highest BCUT2D eigenvalue weighted by atomic mass is 16.1. The molecule has 0 aliphatic carbocycles. The lowest BCUT2D eigenvalue weighted by molar-refractivity contribution is 0.0930. The summed E-state index contributed by atoms with van der Waals surface area (Å²) in [7, 11) is 0. The zero-order valence-electron chi connectivity index (χ0n) is 12.1. The lowest BCUT2D eigenvalue weighted by atomic mass is 10.0. The molecule has 0 aliphatic heterocycles. The van der Waals surface area contributed by atoms with Gasteiger partial charge in [0.2, 0.25) is 0 Å². The third-order valence-corrected chi connectivity index (χ3v) is 3.28. The third kappa shape index (κ3) is 4.26. The van der Waals surface area contributed by atoms with Crippen molar-refractivity contribution in [2.24, 2.45) is 0 Å². The molecule has 0 bridgehead atoms. The lowest BCUT2D eigenvalue weighted by Gasteiger charge is -2.20. The van der Waals surface area contributed by atoms with Gasteiger partial charge in [-0.3, -0.25) is 9.69 Å². The van der Waals surface area contributed by atoms with Gasteiger partial charge in [0, 0.05) is 5.56 Å². The van der Waals surface area contributed by atoms with E-state index >= 15 is 0 Å². The Bertz CT molecular complexity index is 392. The van der Waals surface area contributed by atoms with Crippen LogP contribution in [0.25, 0.3) is 0 Å². The molecule has 0 radical (unpaired) electrons. The molecule has 2 heteroatoms. The van der Waals surface area contributed by atoms with Gasteiger partial charge in [-0.1, -0.05) is 26.0 Å². The van der Waals surface area contributed by atoms with Crippen LogP contribution in [0.5, 0.6) is 0 Å². The van der Waals surface area contributed by atoms with E-state index in [0.29, 0.717) is 6.54 Å². The van der Waals surface area contributed by atoms with Gasteiger partial charge in [-0.2, -0.15) is 0 Å². The molecule has 0 unspecified atom stereocenters. The molecule has 100 valence electrons. The molecular weight excluding hydrogens is 222 g/mol. The first-order valence-electron chi connectivity index (χ1n) is 6.91. The van der Waals surface area contributed by atoms with Gasteiger partial charge < -0.3 is 0 Å². The molecule has 0 fully saturated rings. The Morgan fingerprint density at radius 1 is 1.06 bits per heavy atom. The van der Waals surface area contributed by atoms with E-state index in [-0.39, 0.29) is 5.78 Å². The van der Waals surface area contributed by atoms with E-state index in [2.05, 4.69) is 32.6 Å². The minimum atomic E-state index is 0.236. The van der Waals surface area contributed by atoms with E-state index in [1.165, 1.54) is 11.1 Å². The standard InChI is InChI=1S/C16H25NO/c1-5-9-17(10-6-2)12-16(18)15-8-7-13(3)14(4)11-15/h7-8,11H,5-6,9-10,12H2,1-4H3. The normalized spacial score (nSPS) is 10.9. The summed E-state index contributed by atoms with van der Waals surface area (Å²) in [4.78, 5) is 14.5. The third-order valence-electron chi connectivity index (χ3n) is 3.28. The maximum absolute atomic E-state index is 12.2. The van der Waals surface area contributed by atoms with Gasteiger partial charge in [0.1, 0.15) is 0 Å². The molecule has 0 aliphatic rings. The van der Waals surface area contributed by atoms with Crippen molar-refractivity contribution in [2.75, 3.05) is 19.6 Å². The summed E-state index contributed by atoms with van der Waals surface area (Å²) >= 11 is 0. The monoisotopic (exact) mass is 247 g/mol. The number of rotatable bonds is 7. The van der Waals surface area contributed by atoms with E-state index in [9.17, 15) is 4.79 Å². The first-order valence-corrected chi connectivity index (χ1v) is 6.91. The number of Topliss-reactive ketones (excluding diaryl/α,β-unsaturated/α-hetero) is 1. The highest BCUT2D eigenvalue weighted by molar-refractivity contribution is 5.97. The maximum atomic E-state index is 12.2. The smallest absolute Gasteiger partial charge is 0.176 e. The molecule has 1 rings (SSSR count). The summed E-state index contributed by atoms with van der Waals surface area (Å²) < 4.78 is 0. The summed E-state index contributed by atoms with van der Waals surface area (Å²) in [6, 6.07) is 5.99. The van der Waals surface area contributed by atoms with E-state index in [4.69, 9.17) is 0 Å². The first kappa shape index (κ1) is 14.9. The number of ketones is 1. The van der Waals surface area contributed by atoms with Crippen molar-refractivity contribution in [2.45, 2.75) is 40.5 Å². The molecule has 18 heavy (non-hydrogen) atoms. The molecule has 1 aromatic carbocycles. The second-order valence-electron chi connectivity index (χ2n) is 5.00. The molecule has 0 aromatic heterocycles. The Balaban J connectivity index is 2.70. The number of carbonyl (C=O) groups excluding carboxylic acids is 1. The van der Waals surface area contributed by atoms with Crippen LogP contribution < -0.4 is 0 Å². The van der Waals surface area contributed by atoms with Crippen molar-refractivity contribution in [1.29, 1.82) is 0 Å². The van der Waals surface area contributed by atoms with Crippen LogP contribution in [-0.4, -0.2) is 30.3 Å². The molecular formula is C16H25NO. The van der Waals surface area contributed by atoms with E-state index in [1.807, 2.05) is 18.2 Å². The SMILES string of the molecule is CCCN(CCC)CC(=O)c1ccc(C)c(C)c1.